The van der Waals surface area contributed by atoms with Crippen molar-refractivity contribution in [2.24, 2.45) is 11.3 Å². The van der Waals surface area contributed by atoms with E-state index in [2.05, 4.69) is 27.7 Å². The van der Waals surface area contributed by atoms with Crippen molar-refractivity contribution in [3.63, 3.8) is 0 Å². The maximum absolute atomic E-state index is 13.2. The first kappa shape index (κ1) is 47.8. The molecule has 2 radical (unpaired) electrons. The van der Waals surface area contributed by atoms with Gasteiger partial charge in [0, 0.05) is 0 Å². The number of aldehydes is 2. The Balaban J connectivity index is 4.90. The summed E-state index contributed by atoms with van der Waals surface area (Å²) in [4.78, 5) is 25.5. The molecule has 0 N–H and O–H groups in total. The van der Waals surface area contributed by atoms with Crippen LogP contribution >= 0.6 is 25.3 Å². The Morgan fingerprint density at radius 3 is 1.21 bits per heavy atom. The molecule has 0 fully saturated rings. The Morgan fingerprint density at radius 2 is 0.830 bits per heavy atom. The van der Waals surface area contributed by atoms with Gasteiger partial charge in [-0.1, -0.05) is 52.4 Å². The van der Waals surface area contributed by atoms with Crippen molar-refractivity contribution < 1.29 is 9.59 Å². The van der Waals surface area contributed by atoms with E-state index in [4.69, 9.17) is 25.3 Å². The predicted octanol–water partition coefficient (Wildman–Crippen LogP) is 14.1. The van der Waals surface area contributed by atoms with Crippen LogP contribution in [0.15, 0.2) is 0 Å². The Bertz CT molecular complexity index is 692. The molecular formula is C42H82O2S2Sn. The summed E-state index contributed by atoms with van der Waals surface area (Å²) < 4.78 is -0.119. The van der Waals surface area contributed by atoms with Gasteiger partial charge in [0.2, 0.25) is 0 Å². The molecule has 0 amide bonds. The van der Waals surface area contributed by atoms with Crippen molar-refractivity contribution in [2.45, 2.75) is 239 Å². The minimum Gasteiger partial charge on any atom is -0.0654 e. The van der Waals surface area contributed by atoms with Crippen molar-refractivity contribution in [1.29, 1.82) is 0 Å². The van der Waals surface area contributed by atoms with Gasteiger partial charge in [0.05, 0.1) is 0 Å². The van der Waals surface area contributed by atoms with Crippen LogP contribution in [0, 0.1) is 11.3 Å². The van der Waals surface area contributed by atoms with E-state index in [1.54, 1.807) is 0 Å². The van der Waals surface area contributed by atoms with E-state index in [1.165, 1.54) is 154 Å². The number of carbonyl (C=O) groups excluding carboxylic acids is 2. The van der Waals surface area contributed by atoms with Crippen LogP contribution < -0.4 is 0 Å². The first-order valence-corrected chi connectivity index (χ1v) is 25.0. The van der Waals surface area contributed by atoms with Crippen LogP contribution in [0.2, 0.25) is 0 Å². The maximum atomic E-state index is 13.2. The third kappa shape index (κ3) is 23.8. The average Bonchev–Trinajstić information content (AvgIpc) is 3.07. The summed E-state index contributed by atoms with van der Waals surface area (Å²) in [6.07, 6.45) is 42.9. The molecule has 0 aliphatic rings. The van der Waals surface area contributed by atoms with Crippen LogP contribution in [-0.4, -0.2) is 39.7 Å². The Labute approximate surface area is 317 Å². The Morgan fingerprint density at radius 1 is 0.489 bits per heavy atom. The molecule has 0 rings (SSSR count). The van der Waals surface area contributed by atoms with Gasteiger partial charge >= 0.3 is 267 Å². The second-order valence-electron chi connectivity index (χ2n) is 15.0. The second kappa shape index (κ2) is 34.0. The van der Waals surface area contributed by atoms with E-state index in [0.717, 1.165) is 64.2 Å². The molecule has 278 valence electrons. The van der Waals surface area contributed by atoms with Gasteiger partial charge in [-0.3, -0.25) is 0 Å². The number of carbonyl (C=O) groups is 2. The number of thiol groups is 2. The molecule has 0 bridgehead atoms. The van der Waals surface area contributed by atoms with Crippen molar-refractivity contribution in [3.05, 3.63) is 0 Å². The van der Waals surface area contributed by atoms with E-state index >= 15 is 0 Å². The molecule has 0 spiro atoms. The third-order valence-electron chi connectivity index (χ3n) is 10.8. The molecule has 4 unspecified atom stereocenters. The van der Waals surface area contributed by atoms with Gasteiger partial charge in [0.25, 0.3) is 0 Å². The van der Waals surface area contributed by atoms with Gasteiger partial charge < -0.3 is 0 Å². The fourth-order valence-corrected chi connectivity index (χ4v) is 16.4. The van der Waals surface area contributed by atoms with Crippen molar-refractivity contribution in [2.75, 3.05) is 0 Å². The van der Waals surface area contributed by atoms with Gasteiger partial charge in [0.15, 0.2) is 0 Å². The second-order valence-corrected chi connectivity index (χ2v) is 24.0. The molecule has 5 heteroatoms. The monoisotopic (exact) mass is 802 g/mol. The topological polar surface area (TPSA) is 34.1 Å². The van der Waals surface area contributed by atoms with Crippen LogP contribution in [0.3, 0.4) is 0 Å². The minimum absolute atomic E-state index is 0.0170. The number of rotatable bonds is 38. The first-order chi connectivity index (χ1) is 22.9. The normalized spacial score (nSPS) is 15.6. The average molecular weight is 802 g/mol. The predicted molar refractivity (Wildman–Crippen MR) is 219 cm³/mol. The molecule has 2 nitrogen and oxygen atoms in total. The van der Waals surface area contributed by atoms with Crippen LogP contribution in [0.25, 0.3) is 0 Å². The van der Waals surface area contributed by atoms with Crippen LogP contribution in [0.4, 0.5) is 0 Å². The molecule has 0 saturated heterocycles. The zero-order valence-electron chi connectivity index (χ0n) is 32.1. The van der Waals surface area contributed by atoms with Gasteiger partial charge in [-0.05, 0) is 0 Å². The first-order valence-electron chi connectivity index (χ1n) is 21.0. The van der Waals surface area contributed by atoms with Gasteiger partial charge in [-0.2, -0.15) is 0 Å². The Kier molecular flexibility index (Phi) is 34.6. The van der Waals surface area contributed by atoms with Gasteiger partial charge in [-0.15, -0.1) is 0 Å². The molecule has 4 atom stereocenters. The molecule has 0 aromatic rings. The molecular weight excluding hydrogens is 719 g/mol. The van der Waals surface area contributed by atoms with Gasteiger partial charge in [0.1, 0.15) is 0 Å². The van der Waals surface area contributed by atoms with E-state index in [0.29, 0.717) is 0 Å². The summed E-state index contributed by atoms with van der Waals surface area (Å²) in [6, 6.07) is 0. The number of hydrogen-bond acceptors (Lipinski definition) is 4. The van der Waals surface area contributed by atoms with Crippen LogP contribution in [0.1, 0.15) is 233 Å². The zero-order chi connectivity index (χ0) is 34.9. The summed E-state index contributed by atoms with van der Waals surface area (Å²) in [5.74, 6) is 0.0170. The van der Waals surface area contributed by atoms with E-state index < -0.39 is 21.1 Å². The molecule has 0 aliphatic carbocycles. The van der Waals surface area contributed by atoms with Crippen molar-refractivity contribution >= 4 is 59.0 Å². The van der Waals surface area contributed by atoms with Crippen LogP contribution in [0.5, 0.6) is 0 Å². The SMILES string of the molecule is CCCCCCCCCCCCCCC(C=O)[CH](S)[Sn][C](S)(CCCC)C(C=O)(CCCC)CCCCCCCCCCCCCC. The number of hydrogen-bond donors (Lipinski definition) is 2. The molecule has 0 heterocycles. The fourth-order valence-electron chi connectivity index (χ4n) is 7.30. The number of unbranched alkanes of at least 4 members (excludes halogenated alkanes) is 24. The van der Waals surface area contributed by atoms with E-state index in [1.807, 2.05) is 0 Å². The molecule has 0 aliphatic heterocycles. The summed E-state index contributed by atoms with van der Waals surface area (Å²) in [5, 5.41) is 0. The van der Waals surface area contributed by atoms with Gasteiger partial charge in [-0.25, -0.2) is 0 Å². The van der Waals surface area contributed by atoms with E-state index in [-0.39, 0.29) is 17.4 Å². The molecule has 0 aromatic heterocycles. The smallest absolute Gasteiger partial charge is 0.0654 e. The molecule has 0 saturated carbocycles. The summed E-state index contributed by atoms with van der Waals surface area (Å²) in [5.41, 5.74) is -0.365. The van der Waals surface area contributed by atoms with E-state index in [9.17, 15) is 9.59 Å². The summed E-state index contributed by atoms with van der Waals surface area (Å²) >= 11 is 9.40. The standard InChI is InChI=1S/C25H49OS.C17H33OS.Sn/c1-4-7-10-11-12-13-14-15-16-17-18-19-22-25(23-26,21-9-6-3)24(27)20-8-5-2;1-2-3-4-5-6-7-8-9-10-11-12-13-14-17(15-18)16-19;/h23,27H,4-22H2,1-3H3;15-17,19H,2-14H2,1H3;. The van der Waals surface area contributed by atoms with Crippen molar-refractivity contribution in [3.8, 4) is 0 Å². The summed E-state index contributed by atoms with van der Waals surface area (Å²) in [6.45, 7) is 9.06. The molecule has 47 heavy (non-hydrogen) atoms. The minimum atomic E-state index is -1.30. The quantitative estimate of drug-likeness (QED) is 0.0282. The summed E-state index contributed by atoms with van der Waals surface area (Å²) in [7, 11) is 0. The fraction of sp³-hybridized carbons (Fsp3) is 0.952. The molecule has 0 aromatic carbocycles. The third-order valence-corrected chi connectivity index (χ3v) is 19.1. The Hall–Kier alpha value is 0.839. The van der Waals surface area contributed by atoms with Crippen molar-refractivity contribution in [1.82, 2.24) is 0 Å². The zero-order valence-corrected chi connectivity index (χ0v) is 36.8. The van der Waals surface area contributed by atoms with Crippen LogP contribution in [-0.2, 0) is 9.59 Å².